The van der Waals surface area contributed by atoms with Crippen molar-refractivity contribution in [1.82, 2.24) is 5.32 Å². The third-order valence-electron chi connectivity index (χ3n) is 2.02. The molecule has 1 aromatic carbocycles. The van der Waals surface area contributed by atoms with E-state index in [0.717, 1.165) is 5.56 Å². The van der Waals surface area contributed by atoms with E-state index in [9.17, 15) is 4.79 Å². The van der Waals surface area contributed by atoms with Gasteiger partial charge in [-0.15, -0.1) is 0 Å². The fourth-order valence-corrected chi connectivity index (χ4v) is 1.51. The van der Waals surface area contributed by atoms with Crippen LogP contribution in [0.25, 0.3) is 0 Å². The first kappa shape index (κ1) is 12.6. The minimum atomic E-state index is -0.423. The van der Waals surface area contributed by atoms with Gasteiger partial charge in [-0.3, -0.25) is 0 Å². The summed E-state index contributed by atoms with van der Waals surface area (Å²) in [6.07, 6.45) is 0. The molecular weight excluding hydrogens is 222 g/mol. The van der Waals surface area contributed by atoms with E-state index in [4.69, 9.17) is 17.0 Å². The van der Waals surface area contributed by atoms with Crippen LogP contribution in [0.15, 0.2) is 30.3 Å². The van der Waals surface area contributed by atoms with E-state index in [-0.39, 0.29) is 5.97 Å². The molecule has 0 aliphatic carbocycles. The molecule has 4 heteroatoms. The lowest BCUT2D eigenvalue weighted by molar-refractivity contribution is -0.144. The van der Waals surface area contributed by atoms with Gasteiger partial charge in [0.2, 0.25) is 0 Å². The van der Waals surface area contributed by atoms with Crippen molar-refractivity contribution in [3.63, 3.8) is 0 Å². The zero-order valence-corrected chi connectivity index (χ0v) is 10.2. The van der Waals surface area contributed by atoms with E-state index in [1.807, 2.05) is 30.3 Å². The van der Waals surface area contributed by atoms with E-state index in [1.54, 1.807) is 13.8 Å². The highest BCUT2D eigenvalue weighted by atomic mass is 32.1. The summed E-state index contributed by atoms with van der Waals surface area (Å²) in [5.74, 6) is -0.291. The second kappa shape index (κ2) is 6.23. The van der Waals surface area contributed by atoms with Gasteiger partial charge in [-0.1, -0.05) is 42.5 Å². The Hall–Kier alpha value is -1.42. The molecule has 1 atom stereocenters. The summed E-state index contributed by atoms with van der Waals surface area (Å²) >= 11 is 5.18. The summed E-state index contributed by atoms with van der Waals surface area (Å²) < 4.78 is 4.88. The topological polar surface area (TPSA) is 38.3 Å². The summed E-state index contributed by atoms with van der Waals surface area (Å²) in [7, 11) is 0. The minimum Gasteiger partial charge on any atom is -0.464 e. The zero-order valence-electron chi connectivity index (χ0n) is 9.40. The Morgan fingerprint density at radius 3 is 2.62 bits per heavy atom. The first-order valence-electron chi connectivity index (χ1n) is 5.17. The Labute approximate surface area is 101 Å². The van der Waals surface area contributed by atoms with Crippen LogP contribution < -0.4 is 5.32 Å². The lowest BCUT2D eigenvalue weighted by atomic mass is 10.2. The minimum absolute atomic E-state index is 0.291. The van der Waals surface area contributed by atoms with Crippen molar-refractivity contribution in [2.45, 2.75) is 19.9 Å². The molecule has 0 fully saturated rings. The van der Waals surface area contributed by atoms with Crippen molar-refractivity contribution in [1.29, 1.82) is 0 Å². The van der Waals surface area contributed by atoms with Gasteiger partial charge in [0.1, 0.15) is 11.0 Å². The van der Waals surface area contributed by atoms with Crippen LogP contribution in [0.1, 0.15) is 19.4 Å². The number of rotatable bonds is 4. The maximum absolute atomic E-state index is 11.4. The van der Waals surface area contributed by atoms with Crippen molar-refractivity contribution in [2.75, 3.05) is 6.61 Å². The largest absolute Gasteiger partial charge is 0.464 e. The summed E-state index contributed by atoms with van der Waals surface area (Å²) in [4.78, 5) is 11.9. The third-order valence-corrected chi connectivity index (χ3v) is 2.38. The number of nitrogens with one attached hydrogen (secondary N) is 1. The van der Waals surface area contributed by atoms with Gasteiger partial charge in [-0.2, -0.15) is 0 Å². The summed E-state index contributed by atoms with van der Waals surface area (Å²) in [5, 5.41) is 2.94. The van der Waals surface area contributed by atoms with E-state index in [2.05, 4.69) is 5.32 Å². The Balaban J connectivity index is 2.55. The van der Waals surface area contributed by atoms with Gasteiger partial charge < -0.3 is 10.1 Å². The van der Waals surface area contributed by atoms with Gasteiger partial charge in [-0.25, -0.2) is 4.79 Å². The number of carbonyl (C=O) groups is 1. The zero-order chi connectivity index (χ0) is 12.0. The quantitative estimate of drug-likeness (QED) is 0.641. The van der Waals surface area contributed by atoms with Crippen LogP contribution in [0.2, 0.25) is 0 Å². The van der Waals surface area contributed by atoms with Crippen LogP contribution in [-0.4, -0.2) is 23.6 Å². The molecule has 0 aromatic heterocycles. The SMILES string of the molecule is CCOC(=O)C(C)NC(=S)c1ccccc1. The average molecular weight is 237 g/mol. The molecule has 1 aromatic rings. The molecule has 0 saturated heterocycles. The number of carbonyl (C=O) groups excluding carboxylic acids is 1. The maximum Gasteiger partial charge on any atom is 0.328 e. The Morgan fingerprint density at radius 1 is 1.44 bits per heavy atom. The number of esters is 1. The lowest BCUT2D eigenvalue weighted by Crippen LogP contribution is -2.39. The molecule has 0 radical (unpaired) electrons. The smallest absolute Gasteiger partial charge is 0.328 e. The first-order valence-corrected chi connectivity index (χ1v) is 5.58. The number of hydrogen-bond donors (Lipinski definition) is 1. The molecule has 16 heavy (non-hydrogen) atoms. The van der Waals surface area contributed by atoms with Gasteiger partial charge in [0.15, 0.2) is 0 Å². The lowest BCUT2D eigenvalue weighted by Gasteiger charge is -2.14. The van der Waals surface area contributed by atoms with E-state index in [1.165, 1.54) is 0 Å². The molecule has 3 nitrogen and oxygen atoms in total. The fraction of sp³-hybridized carbons (Fsp3) is 0.333. The van der Waals surface area contributed by atoms with Crippen molar-refractivity contribution < 1.29 is 9.53 Å². The molecule has 0 saturated carbocycles. The molecule has 1 N–H and O–H groups in total. The molecule has 86 valence electrons. The highest BCUT2D eigenvalue weighted by Gasteiger charge is 2.14. The third kappa shape index (κ3) is 3.62. The van der Waals surface area contributed by atoms with Crippen LogP contribution in [0.3, 0.4) is 0 Å². The Bertz CT molecular complexity index is 365. The summed E-state index contributed by atoms with van der Waals surface area (Å²) in [6, 6.07) is 9.09. The standard InChI is InChI=1S/C12H15NO2S/c1-3-15-12(14)9(2)13-11(16)10-7-5-4-6-8-10/h4-9H,3H2,1-2H3,(H,13,16). The second-order valence-electron chi connectivity index (χ2n) is 3.31. The highest BCUT2D eigenvalue weighted by Crippen LogP contribution is 2.00. The highest BCUT2D eigenvalue weighted by molar-refractivity contribution is 7.80. The summed E-state index contributed by atoms with van der Waals surface area (Å²) in [6.45, 7) is 3.89. The molecule has 0 spiro atoms. The van der Waals surface area contributed by atoms with E-state index in [0.29, 0.717) is 11.6 Å². The predicted octanol–water partition coefficient (Wildman–Crippen LogP) is 1.90. The molecule has 0 aliphatic heterocycles. The molecule has 0 heterocycles. The molecular formula is C12H15NO2S. The van der Waals surface area contributed by atoms with Crippen LogP contribution >= 0.6 is 12.2 Å². The fourth-order valence-electron chi connectivity index (χ4n) is 1.20. The summed E-state index contributed by atoms with van der Waals surface area (Å²) in [5.41, 5.74) is 0.897. The Kier molecular flexibility index (Phi) is 4.92. The molecule has 1 unspecified atom stereocenters. The molecule has 0 aliphatic rings. The van der Waals surface area contributed by atoms with Gasteiger partial charge in [0.25, 0.3) is 0 Å². The first-order chi connectivity index (χ1) is 7.65. The van der Waals surface area contributed by atoms with Gasteiger partial charge in [0.05, 0.1) is 6.61 Å². The predicted molar refractivity (Wildman–Crippen MR) is 67.4 cm³/mol. The van der Waals surface area contributed by atoms with Crippen LogP contribution in [0.4, 0.5) is 0 Å². The number of thiocarbonyl (C=S) groups is 1. The van der Waals surface area contributed by atoms with Gasteiger partial charge >= 0.3 is 5.97 Å². The van der Waals surface area contributed by atoms with Gasteiger partial charge in [0, 0.05) is 5.56 Å². The van der Waals surface area contributed by atoms with Crippen LogP contribution in [0.5, 0.6) is 0 Å². The number of benzene rings is 1. The van der Waals surface area contributed by atoms with Crippen molar-refractivity contribution in [3.05, 3.63) is 35.9 Å². The Morgan fingerprint density at radius 2 is 2.06 bits per heavy atom. The number of ether oxygens (including phenoxy) is 1. The monoisotopic (exact) mass is 237 g/mol. The van der Waals surface area contributed by atoms with Crippen LogP contribution in [-0.2, 0) is 9.53 Å². The molecule has 0 amide bonds. The van der Waals surface area contributed by atoms with Gasteiger partial charge in [-0.05, 0) is 13.8 Å². The van der Waals surface area contributed by atoms with Crippen molar-refractivity contribution in [3.8, 4) is 0 Å². The van der Waals surface area contributed by atoms with E-state index < -0.39 is 6.04 Å². The van der Waals surface area contributed by atoms with Crippen molar-refractivity contribution >= 4 is 23.2 Å². The maximum atomic E-state index is 11.4. The molecule has 1 rings (SSSR count). The van der Waals surface area contributed by atoms with Crippen LogP contribution in [0, 0.1) is 0 Å². The second-order valence-corrected chi connectivity index (χ2v) is 3.72. The number of hydrogen-bond acceptors (Lipinski definition) is 3. The average Bonchev–Trinajstić information content (AvgIpc) is 2.30. The normalized spacial score (nSPS) is 11.6. The van der Waals surface area contributed by atoms with Crippen molar-refractivity contribution in [2.24, 2.45) is 0 Å². The van der Waals surface area contributed by atoms with E-state index >= 15 is 0 Å². The molecule has 0 bridgehead atoms.